The van der Waals surface area contributed by atoms with Gasteiger partial charge in [0.1, 0.15) is 12.4 Å². The van der Waals surface area contributed by atoms with E-state index in [2.05, 4.69) is 10.2 Å². The predicted octanol–water partition coefficient (Wildman–Crippen LogP) is 1.78. The molecule has 0 aliphatic carbocycles. The molecule has 104 valence electrons. The van der Waals surface area contributed by atoms with Gasteiger partial charge < -0.3 is 15.0 Å². The summed E-state index contributed by atoms with van der Waals surface area (Å²) >= 11 is 0. The summed E-state index contributed by atoms with van der Waals surface area (Å²) in [6, 6.07) is 7.89. The van der Waals surface area contributed by atoms with E-state index in [4.69, 9.17) is 4.74 Å². The van der Waals surface area contributed by atoms with Gasteiger partial charge in [-0.2, -0.15) is 0 Å². The van der Waals surface area contributed by atoms with Crippen LogP contribution in [0.3, 0.4) is 0 Å². The van der Waals surface area contributed by atoms with Crippen molar-refractivity contribution >= 4 is 12.0 Å². The van der Waals surface area contributed by atoms with Crippen LogP contribution in [0, 0.1) is 0 Å². The number of benzene rings is 1. The molecule has 0 aliphatic heterocycles. The standard InChI is InChI=1S/C15H22N2O2/c1-13(18)16-10-4-5-14-6-8-15(9-7-14)19-12-11-17(2)3/h4-9H,10-12H2,1-3H3,(H,16,18). The lowest BCUT2D eigenvalue weighted by molar-refractivity contribution is -0.118. The van der Waals surface area contributed by atoms with Crippen molar-refractivity contribution in [2.24, 2.45) is 0 Å². The number of carbonyl (C=O) groups excluding carboxylic acids is 1. The van der Waals surface area contributed by atoms with Crippen LogP contribution in [0.1, 0.15) is 12.5 Å². The van der Waals surface area contributed by atoms with Gasteiger partial charge in [-0.15, -0.1) is 0 Å². The van der Waals surface area contributed by atoms with E-state index in [-0.39, 0.29) is 5.91 Å². The summed E-state index contributed by atoms with van der Waals surface area (Å²) in [6.07, 6.45) is 3.89. The molecule has 4 heteroatoms. The smallest absolute Gasteiger partial charge is 0.217 e. The van der Waals surface area contributed by atoms with Crippen LogP contribution in [0.2, 0.25) is 0 Å². The van der Waals surface area contributed by atoms with E-state index in [9.17, 15) is 4.79 Å². The zero-order valence-corrected chi connectivity index (χ0v) is 11.8. The molecule has 0 unspecified atom stereocenters. The molecule has 0 heterocycles. The molecule has 0 saturated carbocycles. The maximum atomic E-state index is 10.7. The minimum absolute atomic E-state index is 0.0192. The average Bonchev–Trinajstić information content (AvgIpc) is 2.36. The van der Waals surface area contributed by atoms with Crippen molar-refractivity contribution in [3.05, 3.63) is 35.9 Å². The number of ether oxygens (including phenoxy) is 1. The third kappa shape index (κ3) is 7.26. The molecular weight excluding hydrogens is 240 g/mol. The van der Waals surface area contributed by atoms with Crippen molar-refractivity contribution in [3.63, 3.8) is 0 Å². The van der Waals surface area contributed by atoms with Crippen LogP contribution < -0.4 is 10.1 Å². The van der Waals surface area contributed by atoms with E-state index in [1.165, 1.54) is 6.92 Å². The summed E-state index contributed by atoms with van der Waals surface area (Å²) in [6.45, 7) is 3.65. The molecule has 0 bridgehead atoms. The second-order valence-corrected chi connectivity index (χ2v) is 4.56. The highest BCUT2D eigenvalue weighted by molar-refractivity contribution is 5.73. The minimum Gasteiger partial charge on any atom is -0.492 e. The largest absolute Gasteiger partial charge is 0.492 e. The van der Waals surface area contributed by atoms with Gasteiger partial charge in [0.15, 0.2) is 0 Å². The van der Waals surface area contributed by atoms with Gasteiger partial charge in [0.25, 0.3) is 0 Å². The van der Waals surface area contributed by atoms with Crippen molar-refractivity contribution in [2.45, 2.75) is 6.92 Å². The Labute approximate surface area is 115 Å². The van der Waals surface area contributed by atoms with Crippen molar-refractivity contribution < 1.29 is 9.53 Å². The molecule has 0 aromatic heterocycles. The predicted molar refractivity (Wildman–Crippen MR) is 78.2 cm³/mol. The number of hydrogen-bond acceptors (Lipinski definition) is 3. The van der Waals surface area contributed by atoms with Crippen LogP contribution in [0.25, 0.3) is 6.08 Å². The Morgan fingerprint density at radius 2 is 2.00 bits per heavy atom. The van der Waals surface area contributed by atoms with Gasteiger partial charge in [-0.25, -0.2) is 0 Å². The Hall–Kier alpha value is -1.81. The van der Waals surface area contributed by atoms with Gasteiger partial charge in [-0.1, -0.05) is 24.3 Å². The van der Waals surface area contributed by atoms with Crippen molar-refractivity contribution in [1.82, 2.24) is 10.2 Å². The average molecular weight is 262 g/mol. The zero-order valence-electron chi connectivity index (χ0n) is 11.8. The Morgan fingerprint density at radius 1 is 1.32 bits per heavy atom. The van der Waals surface area contributed by atoms with E-state index < -0.39 is 0 Å². The third-order valence-electron chi connectivity index (χ3n) is 2.47. The quantitative estimate of drug-likeness (QED) is 0.814. The number of rotatable bonds is 7. The van der Waals surface area contributed by atoms with Gasteiger partial charge in [-0.05, 0) is 31.8 Å². The number of nitrogens with zero attached hydrogens (tertiary/aromatic N) is 1. The molecule has 1 aromatic carbocycles. The van der Waals surface area contributed by atoms with E-state index in [1.807, 2.05) is 50.5 Å². The fourth-order valence-electron chi connectivity index (χ4n) is 1.42. The van der Waals surface area contributed by atoms with E-state index in [1.54, 1.807) is 0 Å². The fraction of sp³-hybridized carbons (Fsp3) is 0.400. The van der Waals surface area contributed by atoms with Crippen LogP contribution in [-0.4, -0.2) is 44.6 Å². The molecule has 1 amide bonds. The maximum absolute atomic E-state index is 10.7. The number of hydrogen-bond donors (Lipinski definition) is 1. The molecule has 0 spiro atoms. The number of amides is 1. The molecule has 0 saturated heterocycles. The monoisotopic (exact) mass is 262 g/mol. The summed E-state index contributed by atoms with van der Waals surface area (Å²) in [5.74, 6) is 0.857. The first-order valence-electron chi connectivity index (χ1n) is 6.36. The first-order chi connectivity index (χ1) is 9.08. The lowest BCUT2D eigenvalue weighted by atomic mass is 10.2. The van der Waals surface area contributed by atoms with E-state index in [0.29, 0.717) is 13.2 Å². The SMILES string of the molecule is CC(=O)NCC=Cc1ccc(OCCN(C)C)cc1. The molecule has 0 atom stereocenters. The minimum atomic E-state index is -0.0192. The highest BCUT2D eigenvalue weighted by Crippen LogP contribution is 2.12. The van der Waals surface area contributed by atoms with Gasteiger partial charge in [0.05, 0.1) is 0 Å². The van der Waals surface area contributed by atoms with Gasteiger partial charge in [-0.3, -0.25) is 4.79 Å². The molecule has 0 aliphatic rings. The Bertz CT molecular complexity index is 411. The van der Waals surface area contributed by atoms with Crippen LogP contribution in [0.5, 0.6) is 5.75 Å². The fourth-order valence-corrected chi connectivity index (χ4v) is 1.42. The Morgan fingerprint density at radius 3 is 2.58 bits per heavy atom. The topological polar surface area (TPSA) is 41.6 Å². The lowest BCUT2D eigenvalue weighted by Crippen LogP contribution is -2.19. The third-order valence-corrected chi connectivity index (χ3v) is 2.47. The molecule has 1 aromatic rings. The lowest BCUT2D eigenvalue weighted by Gasteiger charge is -2.10. The van der Waals surface area contributed by atoms with E-state index >= 15 is 0 Å². The van der Waals surface area contributed by atoms with Crippen LogP contribution in [-0.2, 0) is 4.79 Å². The second-order valence-electron chi connectivity index (χ2n) is 4.56. The molecule has 0 fully saturated rings. The first kappa shape index (κ1) is 15.2. The zero-order chi connectivity index (χ0) is 14.1. The van der Waals surface area contributed by atoms with E-state index in [0.717, 1.165) is 17.9 Å². The molecular formula is C15H22N2O2. The Balaban J connectivity index is 2.36. The highest BCUT2D eigenvalue weighted by Gasteiger charge is 1.95. The molecule has 1 rings (SSSR count). The van der Waals surface area contributed by atoms with Crippen LogP contribution >= 0.6 is 0 Å². The highest BCUT2D eigenvalue weighted by atomic mass is 16.5. The van der Waals surface area contributed by atoms with Gasteiger partial charge in [0, 0.05) is 20.0 Å². The maximum Gasteiger partial charge on any atom is 0.217 e. The second kappa shape index (κ2) is 8.32. The van der Waals surface area contributed by atoms with Crippen molar-refractivity contribution in [3.8, 4) is 5.75 Å². The summed E-state index contributed by atoms with van der Waals surface area (Å²) < 4.78 is 5.61. The molecule has 1 N–H and O–H groups in total. The number of nitrogens with one attached hydrogen (secondary N) is 1. The first-order valence-corrected chi connectivity index (χ1v) is 6.36. The molecule has 0 radical (unpaired) electrons. The number of carbonyl (C=O) groups is 1. The summed E-state index contributed by atoms with van der Waals surface area (Å²) in [5.41, 5.74) is 1.09. The van der Waals surface area contributed by atoms with Gasteiger partial charge >= 0.3 is 0 Å². The normalized spacial score (nSPS) is 10.9. The van der Waals surface area contributed by atoms with Crippen molar-refractivity contribution in [1.29, 1.82) is 0 Å². The van der Waals surface area contributed by atoms with Crippen molar-refractivity contribution in [2.75, 3.05) is 33.8 Å². The summed E-state index contributed by atoms with van der Waals surface area (Å²) in [7, 11) is 4.04. The van der Waals surface area contributed by atoms with Crippen LogP contribution in [0.4, 0.5) is 0 Å². The number of likely N-dealkylation sites (N-methyl/N-ethyl adjacent to an activating group) is 1. The van der Waals surface area contributed by atoms with Crippen LogP contribution in [0.15, 0.2) is 30.3 Å². The van der Waals surface area contributed by atoms with Gasteiger partial charge in [0.2, 0.25) is 5.91 Å². The summed E-state index contributed by atoms with van der Waals surface area (Å²) in [5, 5.41) is 2.71. The Kier molecular flexibility index (Phi) is 6.68. The summed E-state index contributed by atoms with van der Waals surface area (Å²) in [4.78, 5) is 12.8. The molecule has 19 heavy (non-hydrogen) atoms. The molecule has 4 nitrogen and oxygen atoms in total.